The van der Waals surface area contributed by atoms with E-state index >= 15 is 0 Å². The Kier molecular flexibility index (Phi) is 4.95. The molecule has 0 amide bonds. The van der Waals surface area contributed by atoms with E-state index in [-0.39, 0.29) is 18.9 Å². The van der Waals surface area contributed by atoms with Crippen LogP contribution < -0.4 is 31.9 Å². The molecule has 10 nitrogen and oxygen atoms in total. The van der Waals surface area contributed by atoms with Crippen molar-refractivity contribution < 1.29 is 9.13 Å². The lowest BCUT2D eigenvalue weighted by Crippen LogP contribution is -2.41. The van der Waals surface area contributed by atoms with Gasteiger partial charge in [-0.3, -0.25) is 13.9 Å². The highest BCUT2D eigenvalue weighted by Gasteiger charge is 2.17. The van der Waals surface area contributed by atoms with Gasteiger partial charge in [0.05, 0.1) is 38.3 Å². The van der Waals surface area contributed by atoms with E-state index in [4.69, 9.17) is 11.5 Å². The zero-order valence-electron chi connectivity index (χ0n) is 16.4. The highest BCUT2D eigenvalue weighted by Crippen LogP contribution is 2.08. The van der Waals surface area contributed by atoms with Crippen LogP contribution in [0.25, 0.3) is 0 Å². The zero-order chi connectivity index (χ0) is 20.6. The van der Waals surface area contributed by atoms with E-state index in [1.54, 1.807) is 10.8 Å². The summed E-state index contributed by atoms with van der Waals surface area (Å²) in [6.07, 6.45) is 5.04. The van der Waals surface area contributed by atoms with E-state index in [2.05, 4.69) is 9.97 Å². The molecule has 3 heterocycles. The van der Waals surface area contributed by atoms with Crippen LogP contribution in [0, 0.1) is 13.8 Å². The first-order valence-corrected chi connectivity index (χ1v) is 8.71. The van der Waals surface area contributed by atoms with Crippen molar-refractivity contribution in [2.45, 2.75) is 26.9 Å². The minimum atomic E-state index is -0.460. The van der Waals surface area contributed by atoms with Crippen LogP contribution in [0.1, 0.15) is 22.8 Å². The van der Waals surface area contributed by atoms with Crippen LogP contribution in [0.3, 0.4) is 0 Å². The first-order valence-electron chi connectivity index (χ1n) is 8.71. The van der Waals surface area contributed by atoms with Crippen LogP contribution in [0.5, 0.6) is 0 Å². The van der Waals surface area contributed by atoms with Crippen LogP contribution >= 0.6 is 0 Å². The third-order valence-electron chi connectivity index (χ3n) is 4.75. The molecule has 0 unspecified atom stereocenters. The Morgan fingerprint density at radius 3 is 1.96 bits per heavy atom. The summed E-state index contributed by atoms with van der Waals surface area (Å²) in [6.45, 7) is 3.89. The van der Waals surface area contributed by atoms with Crippen LogP contribution in [-0.2, 0) is 27.2 Å². The van der Waals surface area contributed by atoms with Crippen molar-refractivity contribution in [1.82, 2.24) is 19.1 Å². The molecule has 10 heteroatoms. The number of rotatable bonds is 4. The summed E-state index contributed by atoms with van der Waals surface area (Å²) in [5.41, 5.74) is 12.4. The van der Waals surface area contributed by atoms with Gasteiger partial charge >= 0.3 is 5.69 Å². The number of hydrogen-bond acceptors (Lipinski definition) is 6. The number of nitrogen functional groups attached to an aromatic ring is 2. The molecule has 0 fully saturated rings. The van der Waals surface area contributed by atoms with Crippen molar-refractivity contribution in [3.05, 3.63) is 68.3 Å². The second kappa shape index (κ2) is 7.22. The lowest BCUT2D eigenvalue weighted by molar-refractivity contribution is -0.681. The molecule has 146 valence electrons. The minimum Gasteiger partial charge on any atom is -0.362 e. The first kappa shape index (κ1) is 19.2. The van der Waals surface area contributed by atoms with Gasteiger partial charge in [-0.05, 0) is 9.97 Å². The fourth-order valence-electron chi connectivity index (χ4n) is 2.86. The molecule has 0 saturated heterocycles. The Hall–Kier alpha value is -3.56. The lowest BCUT2D eigenvalue weighted by Gasteiger charge is -2.10. The fraction of sp³-hybridized carbons (Fsp3) is 0.333. The van der Waals surface area contributed by atoms with Gasteiger partial charge in [-0.2, -0.15) is 0 Å². The Morgan fingerprint density at radius 2 is 1.43 bits per heavy atom. The molecule has 0 aliphatic heterocycles. The molecule has 0 aromatic carbocycles. The smallest absolute Gasteiger partial charge is 0.331 e. The largest absolute Gasteiger partial charge is 0.362 e. The predicted molar refractivity (Wildman–Crippen MR) is 102 cm³/mol. The van der Waals surface area contributed by atoms with Crippen LogP contribution in [0.15, 0.2) is 34.2 Å². The normalized spacial score (nSPS) is 11.0. The van der Waals surface area contributed by atoms with Crippen molar-refractivity contribution in [2.24, 2.45) is 14.1 Å². The van der Waals surface area contributed by atoms with E-state index in [1.807, 2.05) is 38.7 Å². The lowest BCUT2D eigenvalue weighted by atomic mass is 10.3. The van der Waals surface area contributed by atoms with E-state index in [9.17, 15) is 9.59 Å². The molecule has 0 atom stereocenters. The average Bonchev–Trinajstić information content (AvgIpc) is 2.62. The first-order chi connectivity index (χ1) is 13.2. The van der Waals surface area contributed by atoms with Gasteiger partial charge in [0.2, 0.25) is 11.6 Å². The second-order valence-electron chi connectivity index (χ2n) is 6.77. The quantitative estimate of drug-likeness (QED) is 0.517. The fourth-order valence-corrected chi connectivity index (χ4v) is 2.86. The molecule has 0 bridgehead atoms. The maximum absolute atomic E-state index is 12.9. The van der Waals surface area contributed by atoms with E-state index < -0.39 is 11.2 Å². The standard InChI is InChI=1S/C18H22N8O2/c1-11-21-16(19)13(7-23(11)3)9-25-6-5-15(27)26(18(25)28)10-14-8-24(4)12(2)22-17(14)20/h5-8,19-20H,9-10H2,1-4H3/p+2. The predicted octanol–water partition coefficient (Wildman–Crippen LogP) is -1.67. The number of aromatic nitrogens is 6. The Morgan fingerprint density at radius 1 is 0.929 bits per heavy atom. The summed E-state index contributed by atoms with van der Waals surface area (Å²) in [6, 6.07) is 1.34. The molecule has 0 saturated carbocycles. The number of nitrogens with zero attached hydrogens (tertiary/aromatic N) is 6. The summed E-state index contributed by atoms with van der Waals surface area (Å²) in [4.78, 5) is 33.7. The Bertz CT molecular complexity index is 1180. The zero-order valence-corrected chi connectivity index (χ0v) is 16.4. The SMILES string of the molecule is Cc1nc(N)c(Cn2ccc(=O)n(Cc3c[n+](C)c(C)nc3N)c2=O)c[n+]1C. The summed E-state index contributed by atoms with van der Waals surface area (Å²) in [5, 5.41) is 0. The molecule has 3 aromatic rings. The Balaban J connectivity index is 2.02. The maximum Gasteiger partial charge on any atom is 0.331 e. The van der Waals surface area contributed by atoms with Gasteiger partial charge in [0.15, 0.2) is 0 Å². The minimum absolute atomic E-state index is 0.0286. The van der Waals surface area contributed by atoms with Gasteiger partial charge < -0.3 is 11.5 Å². The summed E-state index contributed by atoms with van der Waals surface area (Å²) in [7, 11) is 3.67. The molecule has 0 spiro atoms. The monoisotopic (exact) mass is 384 g/mol. The molecular weight excluding hydrogens is 360 g/mol. The number of hydrogen-bond donors (Lipinski definition) is 2. The number of aryl methyl sites for hydroxylation is 4. The average molecular weight is 384 g/mol. The van der Waals surface area contributed by atoms with Crippen LogP contribution in [0.2, 0.25) is 0 Å². The van der Waals surface area contributed by atoms with Crippen LogP contribution in [0.4, 0.5) is 11.6 Å². The molecular formula is C18H24N8O2+2. The van der Waals surface area contributed by atoms with E-state index in [0.717, 1.165) is 16.2 Å². The van der Waals surface area contributed by atoms with Crippen molar-refractivity contribution >= 4 is 11.6 Å². The third kappa shape index (κ3) is 3.61. The van der Waals surface area contributed by atoms with Gasteiger partial charge in [-0.25, -0.2) is 13.9 Å². The number of nitrogens with two attached hydrogens (primary N) is 2. The van der Waals surface area contributed by atoms with E-state index in [0.29, 0.717) is 16.9 Å². The molecule has 4 N–H and O–H groups in total. The third-order valence-corrected chi connectivity index (χ3v) is 4.75. The number of anilines is 2. The van der Waals surface area contributed by atoms with E-state index in [1.165, 1.54) is 16.8 Å². The van der Waals surface area contributed by atoms with Crippen molar-refractivity contribution in [1.29, 1.82) is 0 Å². The molecule has 0 aliphatic rings. The van der Waals surface area contributed by atoms with Gasteiger partial charge in [-0.1, -0.05) is 0 Å². The van der Waals surface area contributed by atoms with Gasteiger partial charge in [0.25, 0.3) is 17.2 Å². The molecule has 3 rings (SSSR count). The molecule has 28 heavy (non-hydrogen) atoms. The Labute approximate surface area is 161 Å². The highest BCUT2D eigenvalue weighted by atomic mass is 16.2. The maximum atomic E-state index is 12.9. The molecule has 0 aliphatic carbocycles. The topological polar surface area (TPSA) is 130 Å². The van der Waals surface area contributed by atoms with Crippen molar-refractivity contribution in [2.75, 3.05) is 11.5 Å². The molecule has 3 aromatic heterocycles. The van der Waals surface area contributed by atoms with Gasteiger partial charge in [-0.15, -0.1) is 0 Å². The van der Waals surface area contributed by atoms with Crippen molar-refractivity contribution in [3.63, 3.8) is 0 Å². The summed E-state index contributed by atoms with van der Waals surface area (Å²) >= 11 is 0. The summed E-state index contributed by atoms with van der Waals surface area (Å²) in [5.74, 6) is 2.12. The van der Waals surface area contributed by atoms with Gasteiger partial charge in [0, 0.05) is 26.1 Å². The van der Waals surface area contributed by atoms with Crippen LogP contribution in [-0.4, -0.2) is 19.1 Å². The second-order valence-corrected chi connectivity index (χ2v) is 6.77. The molecule has 0 radical (unpaired) electrons. The van der Waals surface area contributed by atoms with Crippen molar-refractivity contribution in [3.8, 4) is 0 Å². The highest BCUT2D eigenvalue weighted by molar-refractivity contribution is 5.37. The van der Waals surface area contributed by atoms with Gasteiger partial charge in [0.1, 0.15) is 12.4 Å². The summed E-state index contributed by atoms with van der Waals surface area (Å²) < 4.78 is 6.16.